The molecule has 0 bridgehead atoms. The molecule has 1 saturated heterocycles. The standard InChI is InChI=1S/C23H30BrNO2/c1-16-12-14-25(15-13-16)22(26)23(3,27)17(2)20-6-4-5-7-21(20)18-8-10-19(24)11-9-18/h4-11,16-17,22,26-27H,12-15H2,1-3H3. The van der Waals surface area contributed by atoms with Crippen molar-refractivity contribution in [2.75, 3.05) is 13.1 Å². The van der Waals surface area contributed by atoms with Crippen LogP contribution in [0.25, 0.3) is 11.1 Å². The summed E-state index contributed by atoms with van der Waals surface area (Å²) in [7, 11) is 0. The molecule has 4 heteroatoms. The molecule has 2 N–H and O–H groups in total. The average molecular weight is 432 g/mol. The maximum atomic E-state index is 11.3. The summed E-state index contributed by atoms with van der Waals surface area (Å²) in [5, 5.41) is 22.3. The topological polar surface area (TPSA) is 43.7 Å². The fourth-order valence-corrected chi connectivity index (χ4v) is 4.21. The van der Waals surface area contributed by atoms with Crippen LogP contribution in [0.1, 0.15) is 45.1 Å². The van der Waals surface area contributed by atoms with Crippen LogP contribution in [-0.4, -0.2) is 40.0 Å². The van der Waals surface area contributed by atoms with E-state index < -0.39 is 11.8 Å². The lowest BCUT2D eigenvalue weighted by atomic mass is 9.79. The normalized spacial score (nSPS) is 20.8. The highest BCUT2D eigenvalue weighted by molar-refractivity contribution is 9.10. The number of benzene rings is 2. The zero-order chi connectivity index (χ0) is 19.6. The number of likely N-dealkylation sites (tertiary alicyclic amines) is 1. The molecule has 3 nitrogen and oxygen atoms in total. The smallest absolute Gasteiger partial charge is 0.136 e. The Hall–Kier alpha value is -1.20. The summed E-state index contributed by atoms with van der Waals surface area (Å²) in [4.78, 5) is 2.03. The molecule has 27 heavy (non-hydrogen) atoms. The molecule has 0 aromatic heterocycles. The molecule has 2 aromatic carbocycles. The molecule has 1 heterocycles. The molecule has 1 fully saturated rings. The Kier molecular flexibility index (Phi) is 6.42. The summed E-state index contributed by atoms with van der Waals surface area (Å²) in [6.07, 6.45) is 1.26. The van der Waals surface area contributed by atoms with Crippen LogP contribution in [0.4, 0.5) is 0 Å². The van der Waals surface area contributed by atoms with Crippen molar-refractivity contribution >= 4 is 15.9 Å². The van der Waals surface area contributed by atoms with Crippen molar-refractivity contribution in [1.82, 2.24) is 4.90 Å². The van der Waals surface area contributed by atoms with Gasteiger partial charge in [0.1, 0.15) is 11.8 Å². The van der Waals surface area contributed by atoms with Crippen molar-refractivity contribution < 1.29 is 10.2 Å². The molecule has 1 aliphatic rings. The van der Waals surface area contributed by atoms with E-state index in [0.717, 1.165) is 47.1 Å². The third kappa shape index (κ3) is 4.45. The molecule has 0 spiro atoms. The van der Waals surface area contributed by atoms with E-state index in [0.29, 0.717) is 5.92 Å². The molecule has 0 amide bonds. The first-order valence-electron chi connectivity index (χ1n) is 9.80. The number of piperidine rings is 1. The average Bonchev–Trinajstić information content (AvgIpc) is 2.68. The maximum absolute atomic E-state index is 11.3. The Bertz CT molecular complexity index is 751. The molecular weight excluding hydrogens is 402 g/mol. The Labute approximate surface area is 171 Å². The van der Waals surface area contributed by atoms with E-state index in [1.54, 1.807) is 6.92 Å². The molecule has 146 valence electrons. The molecular formula is C23H30BrNO2. The number of hydrogen-bond acceptors (Lipinski definition) is 3. The highest BCUT2D eigenvalue weighted by Gasteiger charge is 2.41. The largest absolute Gasteiger partial charge is 0.385 e. The van der Waals surface area contributed by atoms with Crippen LogP contribution in [0.2, 0.25) is 0 Å². The second-order valence-corrected chi connectivity index (χ2v) is 9.05. The van der Waals surface area contributed by atoms with Gasteiger partial charge >= 0.3 is 0 Å². The number of aliphatic hydroxyl groups is 2. The van der Waals surface area contributed by atoms with Gasteiger partial charge in [0.25, 0.3) is 0 Å². The van der Waals surface area contributed by atoms with Gasteiger partial charge in [-0.25, -0.2) is 0 Å². The monoisotopic (exact) mass is 431 g/mol. The van der Waals surface area contributed by atoms with Gasteiger partial charge in [-0.1, -0.05) is 66.2 Å². The second kappa shape index (κ2) is 8.44. The Balaban J connectivity index is 1.88. The first-order valence-corrected chi connectivity index (χ1v) is 10.6. The van der Waals surface area contributed by atoms with Crippen LogP contribution >= 0.6 is 15.9 Å². The Morgan fingerprint density at radius 2 is 1.67 bits per heavy atom. The Morgan fingerprint density at radius 3 is 2.30 bits per heavy atom. The van der Waals surface area contributed by atoms with Crippen molar-refractivity contribution in [3.05, 3.63) is 58.6 Å². The predicted octanol–water partition coefficient (Wildman–Crippen LogP) is 5.02. The van der Waals surface area contributed by atoms with Gasteiger partial charge in [-0.05, 0) is 54.5 Å². The van der Waals surface area contributed by atoms with Gasteiger partial charge in [-0.15, -0.1) is 0 Å². The molecule has 0 saturated carbocycles. The highest BCUT2D eigenvalue weighted by atomic mass is 79.9. The number of rotatable bonds is 5. The predicted molar refractivity (Wildman–Crippen MR) is 115 cm³/mol. The summed E-state index contributed by atoms with van der Waals surface area (Å²) in [5.41, 5.74) is 2.01. The van der Waals surface area contributed by atoms with Crippen LogP contribution in [0.5, 0.6) is 0 Å². The Morgan fingerprint density at radius 1 is 1.07 bits per heavy atom. The van der Waals surface area contributed by atoms with Crippen molar-refractivity contribution in [1.29, 1.82) is 0 Å². The van der Waals surface area contributed by atoms with Crippen LogP contribution in [0.15, 0.2) is 53.0 Å². The molecule has 3 rings (SSSR count). The third-order valence-electron chi connectivity index (χ3n) is 6.15. The number of aliphatic hydroxyl groups excluding tert-OH is 1. The molecule has 3 unspecified atom stereocenters. The fourth-order valence-electron chi connectivity index (χ4n) is 3.95. The molecule has 0 aliphatic carbocycles. The van der Waals surface area contributed by atoms with E-state index in [4.69, 9.17) is 0 Å². The van der Waals surface area contributed by atoms with Gasteiger partial charge in [0, 0.05) is 23.5 Å². The minimum atomic E-state index is -1.24. The van der Waals surface area contributed by atoms with Gasteiger partial charge in [0.15, 0.2) is 0 Å². The lowest BCUT2D eigenvalue weighted by molar-refractivity contribution is -0.156. The SMILES string of the molecule is CC1CCN(C(O)C(C)(O)C(C)c2ccccc2-c2ccc(Br)cc2)CC1. The quantitative estimate of drug-likeness (QED) is 0.697. The first-order chi connectivity index (χ1) is 12.8. The van der Waals surface area contributed by atoms with E-state index in [1.165, 1.54) is 0 Å². The van der Waals surface area contributed by atoms with E-state index in [9.17, 15) is 10.2 Å². The maximum Gasteiger partial charge on any atom is 0.136 e. The lowest BCUT2D eigenvalue weighted by Crippen LogP contribution is -2.55. The number of nitrogens with zero attached hydrogens (tertiary/aromatic N) is 1. The lowest BCUT2D eigenvalue weighted by Gasteiger charge is -2.43. The van der Waals surface area contributed by atoms with Gasteiger partial charge in [-0.2, -0.15) is 0 Å². The third-order valence-corrected chi connectivity index (χ3v) is 6.67. The minimum Gasteiger partial charge on any atom is -0.385 e. The summed E-state index contributed by atoms with van der Waals surface area (Å²) in [6.45, 7) is 7.68. The fraction of sp³-hybridized carbons (Fsp3) is 0.478. The van der Waals surface area contributed by atoms with E-state index in [-0.39, 0.29) is 5.92 Å². The van der Waals surface area contributed by atoms with Gasteiger partial charge in [-0.3, -0.25) is 4.90 Å². The zero-order valence-electron chi connectivity index (χ0n) is 16.4. The van der Waals surface area contributed by atoms with Crippen LogP contribution in [0.3, 0.4) is 0 Å². The van der Waals surface area contributed by atoms with Crippen LogP contribution < -0.4 is 0 Å². The van der Waals surface area contributed by atoms with E-state index >= 15 is 0 Å². The highest BCUT2D eigenvalue weighted by Crippen LogP contribution is 2.38. The first kappa shape index (κ1) is 20.5. The van der Waals surface area contributed by atoms with Crippen LogP contribution in [0, 0.1) is 5.92 Å². The summed E-state index contributed by atoms with van der Waals surface area (Å²) in [6, 6.07) is 16.4. The zero-order valence-corrected chi connectivity index (χ0v) is 18.0. The van der Waals surface area contributed by atoms with Gasteiger partial charge in [0.05, 0.1) is 0 Å². The summed E-state index contributed by atoms with van der Waals surface area (Å²) >= 11 is 3.49. The number of halogens is 1. The number of hydrogen-bond donors (Lipinski definition) is 2. The molecule has 3 atom stereocenters. The van der Waals surface area contributed by atoms with E-state index in [1.807, 2.05) is 36.1 Å². The van der Waals surface area contributed by atoms with Crippen molar-refractivity contribution in [3.63, 3.8) is 0 Å². The summed E-state index contributed by atoms with van der Waals surface area (Å²) in [5.74, 6) is 0.473. The van der Waals surface area contributed by atoms with Crippen molar-refractivity contribution in [2.45, 2.75) is 51.4 Å². The van der Waals surface area contributed by atoms with Crippen molar-refractivity contribution in [2.24, 2.45) is 5.92 Å². The van der Waals surface area contributed by atoms with Crippen LogP contribution in [-0.2, 0) is 0 Å². The molecule has 2 aromatic rings. The van der Waals surface area contributed by atoms with Gasteiger partial charge < -0.3 is 10.2 Å². The molecule has 1 aliphatic heterocycles. The van der Waals surface area contributed by atoms with Crippen molar-refractivity contribution in [3.8, 4) is 11.1 Å². The van der Waals surface area contributed by atoms with Gasteiger partial charge in [0.2, 0.25) is 0 Å². The van der Waals surface area contributed by atoms with E-state index in [2.05, 4.69) is 47.1 Å². The second-order valence-electron chi connectivity index (χ2n) is 8.13. The summed E-state index contributed by atoms with van der Waals surface area (Å²) < 4.78 is 1.04. The molecule has 0 radical (unpaired) electrons. The minimum absolute atomic E-state index is 0.216.